The van der Waals surface area contributed by atoms with Gasteiger partial charge in [-0.25, -0.2) is 0 Å². The van der Waals surface area contributed by atoms with Gasteiger partial charge in [0.15, 0.2) is 0 Å². The highest BCUT2D eigenvalue weighted by Gasteiger charge is 2.14. The van der Waals surface area contributed by atoms with Crippen LogP contribution in [0.4, 0.5) is 5.69 Å². The number of hydrogen-bond donors (Lipinski definition) is 0. The van der Waals surface area contributed by atoms with Gasteiger partial charge in [0.05, 0.1) is 18.1 Å². The van der Waals surface area contributed by atoms with E-state index in [9.17, 15) is 10.1 Å². The van der Waals surface area contributed by atoms with Gasteiger partial charge in [-0.05, 0) is 12.1 Å². The van der Waals surface area contributed by atoms with Crippen LogP contribution >= 0.6 is 0 Å². The highest BCUT2D eigenvalue weighted by atomic mass is 28.3. The van der Waals surface area contributed by atoms with E-state index in [0.29, 0.717) is 11.3 Å². The summed E-state index contributed by atoms with van der Waals surface area (Å²) in [5.74, 6) is 3.37. The van der Waals surface area contributed by atoms with E-state index in [0.717, 1.165) is 0 Å². The van der Waals surface area contributed by atoms with E-state index in [1.54, 1.807) is 12.1 Å². The molecule has 5 heteroatoms. The zero-order chi connectivity index (χ0) is 13.1. The van der Waals surface area contributed by atoms with Crippen LogP contribution in [0.25, 0.3) is 0 Å². The van der Waals surface area contributed by atoms with Crippen LogP contribution in [0.15, 0.2) is 18.2 Å². The van der Waals surface area contributed by atoms with Gasteiger partial charge in [-0.3, -0.25) is 10.1 Å². The quantitative estimate of drug-likeness (QED) is 0.350. The molecule has 0 radical (unpaired) electrons. The summed E-state index contributed by atoms with van der Waals surface area (Å²) < 4.78 is 4.96. The molecule has 17 heavy (non-hydrogen) atoms. The third kappa shape index (κ3) is 3.92. The summed E-state index contributed by atoms with van der Waals surface area (Å²) in [6.07, 6.45) is 0. The second-order valence-electron chi connectivity index (χ2n) is 4.64. The van der Waals surface area contributed by atoms with Crippen LogP contribution in [0.5, 0.6) is 5.75 Å². The van der Waals surface area contributed by atoms with E-state index in [2.05, 4.69) is 31.1 Å². The molecular weight excluding hydrogens is 234 g/mol. The molecule has 0 atom stereocenters. The number of hydrogen-bond acceptors (Lipinski definition) is 3. The normalized spacial score (nSPS) is 10.4. The first-order valence-corrected chi connectivity index (χ1v) is 8.69. The molecule has 0 aliphatic carbocycles. The molecule has 0 amide bonds. The van der Waals surface area contributed by atoms with Crippen LogP contribution in [-0.4, -0.2) is 20.1 Å². The lowest BCUT2D eigenvalue weighted by molar-refractivity contribution is -0.385. The summed E-state index contributed by atoms with van der Waals surface area (Å²) >= 11 is 0. The molecule has 0 bridgehead atoms. The summed E-state index contributed by atoms with van der Waals surface area (Å²) in [5, 5.41) is 10.9. The fourth-order valence-corrected chi connectivity index (χ4v) is 1.66. The number of ether oxygens (including phenoxy) is 1. The Balaban J connectivity index is 3.23. The van der Waals surface area contributed by atoms with Crippen molar-refractivity contribution in [3.63, 3.8) is 0 Å². The van der Waals surface area contributed by atoms with Gasteiger partial charge in [-0.15, -0.1) is 5.54 Å². The Bertz CT molecular complexity index is 495. The lowest BCUT2D eigenvalue weighted by atomic mass is 10.2. The number of nitro benzene ring substituents is 1. The predicted molar refractivity (Wildman–Crippen MR) is 69.9 cm³/mol. The third-order valence-corrected chi connectivity index (χ3v) is 2.85. The molecule has 0 spiro atoms. The SMILES string of the molecule is COc1ccc(C#C[Si](C)(C)C)c([N+](=O)[O-])c1. The molecule has 0 N–H and O–H groups in total. The molecule has 1 rings (SSSR count). The van der Waals surface area contributed by atoms with E-state index >= 15 is 0 Å². The van der Waals surface area contributed by atoms with Crippen LogP contribution in [0.1, 0.15) is 5.56 Å². The van der Waals surface area contributed by atoms with Gasteiger partial charge in [-0.1, -0.05) is 25.6 Å². The Labute approximate surface area is 102 Å². The van der Waals surface area contributed by atoms with Gasteiger partial charge >= 0.3 is 0 Å². The molecule has 4 nitrogen and oxygen atoms in total. The second-order valence-corrected chi connectivity index (χ2v) is 9.39. The first-order valence-electron chi connectivity index (χ1n) is 5.19. The van der Waals surface area contributed by atoms with E-state index in [4.69, 9.17) is 4.74 Å². The fraction of sp³-hybridized carbons (Fsp3) is 0.333. The van der Waals surface area contributed by atoms with E-state index in [1.165, 1.54) is 13.2 Å². The van der Waals surface area contributed by atoms with E-state index in [1.807, 2.05) is 0 Å². The van der Waals surface area contributed by atoms with Crippen LogP contribution in [0.3, 0.4) is 0 Å². The Morgan fingerprint density at radius 1 is 1.35 bits per heavy atom. The Morgan fingerprint density at radius 3 is 2.47 bits per heavy atom. The van der Waals surface area contributed by atoms with Crippen LogP contribution < -0.4 is 4.74 Å². The average molecular weight is 249 g/mol. The topological polar surface area (TPSA) is 52.4 Å². The lowest BCUT2D eigenvalue weighted by Gasteiger charge is -2.04. The monoisotopic (exact) mass is 249 g/mol. The Morgan fingerprint density at radius 2 is 2.00 bits per heavy atom. The molecule has 90 valence electrons. The third-order valence-electron chi connectivity index (χ3n) is 1.97. The maximum absolute atomic E-state index is 10.9. The van der Waals surface area contributed by atoms with Gasteiger partial charge in [0.2, 0.25) is 0 Å². The van der Waals surface area contributed by atoms with Gasteiger partial charge in [0.1, 0.15) is 19.4 Å². The standard InChI is InChI=1S/C12H15NO3Si/c1-16-11-6-5-10(7-8-17(2,3)4)12(9-11)13(14)15/h5-6,9H,1-4H3. The molecule has 0 aliphatic rings. The van der Waals surface area contributed by atoms with Crippen molar-refractivity contribution >= 4 is 13.8 Å². The van der Waals surface area contributed by atoms with Gasteiger partial charge in [-0.2, -0.15) is 0 Å². The number of benzene rings is 1. The second kappa shape index (κ2) is 5.02. The molecule has 0 aromatic heterocycles. The van der Waals surface area contributed by atoms with Crippen molar-refractivity contribution in [2.24, 2.45) is 0 Å². The lowest BCUT2D eigenvalue weighted by Crippen LogP contribution is -2.16. The molecule has 0 saturated carbocycles. The first-order chi connectivity index (χ1) is 7.83. The van der Waals surface area contributed by atoms with Crippen molar-refractivity contribution in [2.45, 2.75) is 19.6 Å². The number of nitro groups is 1. The van der Waals surface area contributed by atoms with Crippen molar-refractivity contribution < 1.29 is 9.66 Å². The van der Waals surface area contributed by atoms with E-state index in [-0.39, 0.29) is 5.69 Å². The highest BCUT2D eigenvalue weighted by Crippen LogP contribution is 2.23. The van der Waals surface area contributed by atoms with Crippen molar-refractivity contribution in [1.82, 2.24) is 0 Å². The summed E-state index contributed by atoms with van der Waals surface area (Å²) in [7, 11) is -0.0559. The minimum absolute atomic E-state index is 0.00454. The first kappa shape index (κ1) is 13.3. The zero-order valence-corrected chi connectivity index (χ0v) is 11.4. The summed E-state index contributed by atoms with van der Waals surface area (Å²) in [5.41, 5.74) is 3.55. The van der Waals surface area contributed by atoms with Gasteiger partial charge in [0.25, 0.3) is 5.69 Å². The number of nitrogens with zero attached hydrogens (tertiary/aromatic N) is 1. The minimum atomic E-state index is -1.53. The molecule has 0 saturated heterocycles. The Kier molecular flexibility index (Phi) is 3.92. The Hall–Kier alpha value is -1.80. The summed E-state index contributed by atoms with van der Waals surface area (Å²) in [6, 6.07) is 4.71. The minimum Gasteiger partial charge on any atom is -0.497 e. The molecule has 1 aromatic rings. The van der Waals surface area contributed by atoms with Crippen LogP contribution in [-0.2, 0) is 0 Å². The molecule has 0 aliphatic heterocycles. The van der Waals surface area contributed by atoms with Crippen molar-refractivity contribution in [3.05, 3.63) is 33.9 Å². The van der Waals surface area contributed by atoms with Crippen molar-refractivity contribution in [3.8, 4) is 17.2 Å². The van der Waals surface area contributed by atoms with E-state index < -0.39 is 13.0 Å². The van der Waals surface area contributed by atoms with Crippen LogP contribution in [0, 0.1) is 21.6 Å². The maximum Gasteiger partial charge on any atom is 0.288 e. The van der Waals surface area contributed by atoms with Crippen molar-refractivity contribution in [1.29, 1.82) is 0 Å². The van der Waals surface area contributed by atoms with Gasteiger partial charge < -0.3 is 4.74 Å². The number of methoxy groups -OCH3 is 1. The largest absolute Gasteiger partial charge is 0.497 e. The molecule has 0 unspecified atom stereocenters. The number of rotatable bonds is 2. The average Bonchev–Trinajstić information content (AvgIpc) is 2.25. The molecule has 0 heterocycles. The smallest absolute Gasteiger partial charge is 0.288 e. The molecule has 1 aromatic carbocycles. The summed E-state index contributed by atoms with van der Waals surface area (Å²) in [6.45, 7) is 6.28. The van der Waals surface area contributed by atoms with Crippen LogP contribution in [0.2, 0.25) is 19.6 Å². The zero-order valence-electron chi connectivity index (χ0n) is 10.4. The summed E-state index contributed by atoms with van der Waals surface area (Å²) in [4.78, 5) is 10.5. The molecular formula is C12H15NO3Si. The highest BCUT2D eigenvalue weighted by molar-refractivity contribution is 6.83. The maximum atomic E-state index is 10.9. The predicted octanol–water partition coefficient (Wildman–Crippen LogP) is 2.83. The van der Waals surface area contributed by atoms with Gasteiger partial charge in [0, 0.05) is 0 Å². The van der Waals surface area contributed by atoms with Crippen molar-refractivity contribution in [2.75, 3.05) is 7.11 Å². The fourth-order valence-electron chi connectivity index (χ4n) is 1.15. The molecule has 0 fully saturated rings.